The minimum absolute atomic E-state index is 0.631. The number of nitrogens with zero attached hydrogens (tertiary/aromatic N) is 1. The number of benzene rings is 1. The predicted octanol–water partition coefficient (Wildman–Crippen LogP) is 1.88. The molecule has 2 rings (SSSR count). The molecular formula is C11H14N2O. The van der Waals surface area contributed by atoms with Gasteiger partial charge in [-0.3, -0.25) is 5.10 Å². The molecule has 1 aromatic carbocycles. The molecule has 3 nitrogen and oxygen atoms in total. The summed E-state index contributed by atoms with van der Waals surface area (Å²) in [5.41, 5.74) is 1.45. The van der Waals surface area contributed by atoms with Crippen molar-refractivity contribution in [1.29, 1.82) is 0 Å². The van der Waals surface area contributed by atoms with Crippen LogP contribution in [0.15, 0.2) is 24.4 Å². The van der Waals surface area contributed by atoms with Gasteiger partial charge < -0.3 is 5.11 Å². The van der Waals surface area contributed by atoms with Crippen molar-refractivity contribution in [2.45, 2.75) is 25.9 Å². The van der Waals surface area contributed by atoms with Gasteiger partial charge in [-0.05, 0) is 19.4 Å². The van der Waals surface area contributed by atoms with Gasteiger partial charge in [-0.2, -0.15) is 5.10 Å². The lowest BCUT2D eigenvalue weighted by Crippen LogP contribution is -2.21. The van der Waals surface area contributed by atoms with Gasteiger partial charge in [-0.1, -0.05) is 18.2 Å². The summed E-state index contributed by atoms with van der Waals surface area (Å²) in [6.07, 6.45) is 2.43. The van der Waals surface area contributed by atoms with Crippen LogP contribution < -0.4 is 0 Å². The van der Waals surface area contributed by atoms with Crippen LogP contribution in [0.2, 0.25) is 0 Å². The number of fused-ring (bicyclic) bond motifs is 1. The second-order valence-electron chi connectivity index (χ2n) is 4.24. The van der Waals surface area contributed by atoms with Gasteiger partial charge in [0.2, 0.25) is 0 Å². The van der Waals surface area contributed by atoms with Crippen LogP contribution in [0.5, 0.6) is 0 Å². The number of rotatable bonds is 2. The van der Waals surface area contributed by atoms with Crippen molar-refractivity contribution >= 4 is 10.9 Å². The molecule has 0 radical (unpaired) electrons. The molecule has 0 atom stereocenters. The number of nitrogens with one attached hydrogen (secondary N) is 1. The zero-order valence-electron chi connectivity index (χ0n) is 8.41. The van der Waals surface area contributed by atoms with Crippen molar-refractivity contribution in [3.05, 3.63) is 30.0 Å². The number of aromatic nitrogens is 2. The highest BCUT2D eigenvalue weighted by atomic mass is 16.3. The molecule has 0 saturated heterocycles. The third kappa shape index (κ3) is 1.77. The van der Waals surface area contributed by atoms with Crippen molar-refractivity contribution < 1.29 is 5.11 Å². The highest BCUT2D eigenvalue weighted by molar-refractivity contribution is 5.81. The van der Waals surface area contributed by atoms with E-state index in [2.05, 4.69) is 10.2 Å². The smallest absolute Gasteiger partial charge is 0.0683 e. The average molecular weight is 190 g/mol. The van der Waals surface area contributed by atoms with Crippen LogP contribution in [-0.4, -0.2) is 20.9 Å². The summed E-state index contributed by atoms with van der Waals surface area (Å²) in [7, 11) is 0. The maximum Gasteiger partial charge on any atom is 0.0683 e. The maximum absolute atomic E-state index is 9.73. The van der Waals surface area contributed by atoms with Crippen molar-refractivity contribution in [2.24, 2.45) is 0 Å². The minimum atomic E-state index is -0.681. The topological polar surface area (TPSA) is 48.9 Å². The SMILES string of the molecule is CC(C)(O)Cc1cccc2cn[nH]c12. The largest absolute Gasteiger partial charge is 0.390 e. The Balaban J connectivity index is 2.46. The molecule has 0 bridgehead atoms. The molecule has 0 aliphatic carbocycles. The summed E-state index contributed by atoms with van der Waals surface area (Å²) < 4.78 is 0. The molecule has 1 aromatic heterocycles. The minimum Gasteiger partial charge on any atom is -0.390 e. The molecule has 0 spiro atoms. The van der Waals surface area contributed by atoms with E-state index >= 15 is 0 Å². The Labute approximate surface area is 82.8 Å². The number of aromatic amines is 1. The molecular weight excluding hydrogens is 176 g/mol. The molecule has 0 aliphatic heterocycles. The Bertz CT molecular complexity index is 440. The Kier molecular flexibility index (Phi) is 2.04. The number of para-hydroxylation sites is 1. The third-order valence-electron chi connectivity index (χ3n) is 2.19. The molecule has 1 heterocycles. The molecule has 0 aliphatic rings. The normalized spacial score (nSPS) is 12.2. The zero-order valence-corrected chi connectivity index (χ0v) is 8.41. The van der Waals surface area contributed by atoms with E-state index in [1.54, 1.807) is 6.20 Å². The molecule has 0 amide bonds. The van der Waals surface area contributed by atoms with Gasteiger partial charge in [0.25, 0.3) is 0 Å². The fraction of sp³-hybridized carbons (Fsp3) is 0.364. The fourth-order valence-electron chi connectivity index (χ4n) is 1.64. The molecule has 0 unspecified atom stereocenters. The highest BCUT2D eigenvalue weighted by Gasteiger charge is 2.15. The van der Waals surface area contributed by atoms with Crippen molar-refractivity contribution in [1.82, 2.24) is 10.2 Å². The van der Waals surface area contributed by atoms with Crippen LogP contribution >= 0.6 is 0 Å². The second-order valence-corrected chi connectivity index (χ2v) is 4.24. The Hall–Kier alpha value is -1.35. The third-order valence-corrected chi connectivity index (χ3v) is 2.19. The van der Waals surface area contributed by atoms with Crippen LogP contribution in [0.25, 0.3) is 10.9 Å². The van der Waals surface area contributed by atoms with Crippen molar-refractivity contribution in [3.8, 4) is 0 Å². The van der Waals surface area contributed by atoms with E-state index < -0.39 is 5.60 Å². The monoisotopic (exact) mass is 190 g/mol. The lowest BCUT2D eigenvalue weighted by Gasteiger charge is -2.17. The molecule has 74 valence electrons. The van der Waals surface area contributed by atoms with E-state index in [0.717, 1.165) is 16.5 Å². The second kappa shape index (κ2) is 3.10. The first-order valence-corrected chi connectivity index (χ1v) is 4.70. The first-order valence-electron chi connectivity index (χ1n) is 4.70. The average Bonchev–Trinajstić information content (AvgIpc) is 2.49. The van der Waals surface area contributed by atoms with Gasteiger partial charge in [0.1, 0.15) is 0 Å². The van der Waals surface area contributed by atoms with Gasteiger partial charge in [-0.25, -0.2) is 0 Å². The van der Waals surface area contributed by atoms with E-state index in [1.165, 1.54) is 0 Å². The van der Waals surface area contributed by atoms with Gasteiger partial charge >= 0.3 is 0 Å². The summed E-state index contributed by atoms with van der Waals surface area (Å²) in [6.45, 7) is 3.62. The van der Waals surface area contributed by atoms with Gasteiger partial charge in [-0.15, -0.1) is 0 Å². The molecule has 0 saturated carbocycles. The van der Waals surface area contributed by atoms with E-state index in [-0.39, 0.29) is 0 Å². The lowest BCUT2D eigenvalue weighted by molar-refractivity contribution is 0.0813. The molecule has 0 fully saturated rings. The maximum atomic E-state index is 9.73. The van der Waals surface area contributed by atoms with Crippen LogP contribution in [-0.2, 0) is 6.42 Å². The van der Waals surface area contributed by atoms with Crippen LogP contribution in [0.4, 0.5) is 0 Å². The zero-order chi connectivity index (χ0) is 10.2. The summed E-state index contributed by atoms with van der Waals surface area (Å²) in [4.78, 5) is 0. The molecule has 14 heavy (non-hydrogen) atoms. The Morgan fingerprint density at radius 1 is 1.43 bits per heavy atom. The van der Waals surface area contributed by atoms with Gasteiger partial charge in [0.05, 0.1) is 17.3 Å². The Morgan fingerprint density at radius 3 is 2.93 bits per heavy atom. The highest BCUT2D eigenvalue weighted by Crippen LogP contribution is 2.20. The standard InChI is InChI=1S/C11H14N2O/c1-11(2,14)6-8-4-3-5-9-7-12-13-10(8)9/h3-5,7,14H,6H2,1-2H3,(H,12,13). The lowest BCUT2D eigenvalue weighted by atomic mass is 9.97. The summed E-state index contributed by atoms with van der Waals surface area (Å²) in [6, 6.07) is 6.00. The van der Waals surface area contributed by atoms with Crippen molar-refractivity contribution in [3.63, 3.8) is 0 Å². The molecule has 2 aromatic rings. The van der Waals surface area contributed by atoms with Crippen molar-refractivity contribution in [2.75, 3.05) is 0 Å². The predicted molar refractivity (Wildman–Crippen MR) is 56.1 cm³/mol. The first-order chi connectivity index (χ1) is 6.56. The van der Waals surface area contributed by atoms with E-state index in [0.29, 0.717) is 6.42 Å². The van der Waals surface area contributed by atoms with Crippen LogP contribution in [0.3, 0.4) is 0 Å². The van der Waals surface area contributed by atoms with E-state index in [9.17, 15) is 5.11 Å². The number of aliphatic hydroxyl groups is 1. The molecule has 3 heteroatoms. The van der Waals surface area contributed by atoms with E-state index in [1.807, 2.05) is 32.0 Å². The number of hydrogen-bond acceptors (Lipinski definition) is 2. The van der Waals surface area contributed by atoms with Crippen LogP contribution in [0, 0.1) is 0 Å². The van der Waals surface area contributed by atoms with Gasteiger partial charge in [0.15, 0.2) is 0 Å². The Morgan fingerprint density at radius 2 is 2.21 bits per heavy atom. The molecule has 2 N–H and O–H groups in total. The summed E-state index contributed by atoms with van der Waals surface area (Å²) in [5, 5.41) is 17.8. The first kappa shape index (κ1) is 9.21. The quantitative estimate of drug-likeness (QED) is 0.759. The summed E-state index contributed by atoms with van der Waals surface area (Å²) in [5.74, 6) is 0. The number of hydrogen-bond donors (Lipinski definition) is 2. The number of H-pyrrole nitrogens is 1. The van der Waals surface area contributed by atoms with E-state index in [4.69, 9.17) is 0 Å². The fourth-order valence-corrected chi connectivity index (χ4v) is 1.64. The van der Waals surface area contributed by atoms with Crippen LogP contribution in [0.1, 0.15) is 19.4 Å². The summed E-state index contributed by atoms with van der Waals surface area (Å²) >= 11 is 0. The van der Waals surface area contributed by atoms with Gasteiger partial charge in [0, 0.05) is 11.8 Å².